The summed E-state index contributed by atoms with van der Waals surface area (Å²) in [4.78, 5) is 28.4. The number of amides is 2. The van der Waals surface area contributed by atoms with Crippen molar-refractivity contribution in [1.82, 2.24) is 10.2 Å². The van der Waals surface area contributed by atoms with Crippen LogP contribution in [0, 0.1) is 12.8 Å². The Labute approximate surface area is 231 Å². The normalized spacial score (nSPS) is 12.1. The molecular weight excluding hydrogens is 514 g/mol. The van der Waals surface area contributed by atoms with E-state index in [1.54, 1.807) is 74.7 Å². The molecular formula is C30H37N3O5S. The number of sulfonamides is 1. The molecule has 0 heterocycles. The van der Waals surface area contributed by atoms with Gasteiger partial charge in [0.1, 0.15) is 18.3 Å². The molecule has 0 fully saturated rings. The average molecular weight is 552 g/mol. The van der Waals surface area contributed by atoms with E-state index in [2.05, 4.69) is 5.32 Å². The Kier molecular flexibility index (Phi) is 10.1. The lowest BCUT2D eigenvalue weighted by molar-refractivity contribution is -0.139. The maximum Gasteiger partial charge on any atom is 0.264 e. The molecule has 1 N–H and O–H groups in total. The number of carbonyl (C=O) groups is 2. The first-order valence-corrected chi connectivity index (χ1v) is 14.3. The molecule has 3 rings (SSSR count). The lowest BCUT2D eigenvalue weighted by Gasteiger charge is -2.32. The van der Waals surface area contributed by atoms with Crippen molar-refractivity contribution in [3.8, 4) is 5.75 Å². The molecule has 0 saturated heterocycles. The molecule has 1 atom stereocenters. The second kappa shape index (κ2) is 13.3. The fraction of sp³-hybridized carbons (Fsp3) is 0.333. The second-order valence-electron chi connectivity index (χ2n) is 9.85. The molecule has 0 saturated carbocycles. The van der Waals surface area contributed by atoms with E-state index in [0.29, 0.717) is 18.0 Å². The van der Waals surface area contributed by atoms with E-state index in [-0.39, 0.29) is 23.3 Å². The van der Waals surface area contributed by atoms with Crippen molar-refractivity contribution in [2.24, 2.45) is 5.92 Å². The first-order valence-electron chi connectivity index (χ1n) is 12.9. The molecule has 208 valence electrons. The third-order valence-electron chi connectivity index (χ3n) is 6.27. The molecule has 9 heteroatoms. The van der Waals surface area contributed by atoms with Crippen molar-refractivity contribution in [2.45, 2.75) is 45.2 Å². The highest BCUT2D eigenvalue weighted by molar-refractivity contribution is 7.92. The van der Waals surface area contributed by atoms with Crippen molar-refractivity contribution >= 4 is 27.5 Å². The summed E-state index contributed by atoms with van der Waals surface area (Å²) in [6, 6.07) is 21.4. The van der Waals surface area contributed by atoms with Gasteiger partial charge in [0.15, 0.2) is 0 Å². The van der Waals surface area contributed by atoms with Crippen molar-refractivity contribution in [2.75, 3.05) is 24.5 Å². The zero-order valence-electron chi connectivity index (χ0n) is 23.1. The Hall–Kier alpha value is -3.85. The Balaban J connectivity index is 1.99. The fourth-order valence-corrected chi connectivity index (χ4v) is 5.38. The third kappa shape index (κ3) is 7.83. The van der Waals surface area contributed by atoms with Gasteiger partial charge >= 0.3 is 0 Å². The van der Waals surface area contributed by atoms with Gasteiger partial charge in [-0.3, -0.25) is 13.9 Å². The number of para-hydroxylation sites is 1. The minimum atomic E-state index is -4.09. The van der Waals surface area contributed by atoms with E-state index in [4.69, 9.17) is 4.74 Å². The van der Waals surface area contributed by atoms with Gasteiger partial charge in [-0.1, -0.05) is 61.9 Å². The van der Waals surface area contributed by atoms with Gasteiger partial charge in [0.25, 0.3) is 10.0 Å². The van der Waals surface area contributed by atoms with E-state index in [0.717, 1.165) is 15.4 Å². The van der Waals surface area contributed by atoms with Crippen molar-refractivity contribution in [3.05, 3.63) is 90.0 Å². The average Bonchev–Trinajstić information content (AvgIpc) is 2.93. The molecule has 39 heavy (non-hydrogen) atoms. The summed E-state index contributed by atoms with van der Waals surface area (Å²) in [6.45, 7) is 7.56. The fourth-order valence-electron chi connectivity index (χ4n) is 3.96. The van der Waals surface area contributed by atoms with Crippen LogP contribution >= 0.6 is 0 Å². The molecule has 0 spiro atoms. The summed E-state index contributed by atoms with van der Waals surface area (Å²) in [5, 5.41) is 2.88. The van der Waals surface area contributed by atoms with Gasteiger partial charge in [-0.25, -0.2) is 8.42 Å². The highest BCUT2D eigenvalue weighted by atomic mass is 32.2. The molecule has 3 aromatic carbocycles. The predicted octanol–water partition coefficient (Wildman–Crippen LogP) is 4.39. The van der Waals surface area contributed by atoms with Crippen LogP contribution in [0.25, 0.3) is 0 Å². The summed E-state index contributed by atoms with van der Waals surface area (Å²) in [6.07, 6.45) is 0. The molecule has 2 amide bonds. The number of hydrogen-bond acceptors (Lipinski definition) is 5. The van der Waals surface area contributed by atoms with Crippen LogP contribution in [0.5, 0.6) is 5.75 Å². The second-order valence-corrected chi connectivity index (χ2v) is 11.7. The number of methoxy groups -OCH3 is 1. The zero-order chi connectivity index (χ0) is 28.6. The van der Waals surface area contributed by atoms with E-state index >= 15 is 0 Å². The van der Waals surface area contributed by atoms with Crippen LogP contribution in [-0.4, -0.2) is 51.4 Å². The van der Waals surface area contributed by atoms with Gasteiger partial charge in [0, 0.05) is 13.1 Å². The SMILES string of the molecule is COc1cccc(CN(C(=O)CN(c2ccccc2)S(=O)(=O)c2ccc(C)cc2)[C@@H](C)C(=O)NCC(C)C)c1. The van der Waals surface area contributed by atoms with Crippen LogP contribution in [0.4, 0.5) is 5.69 Å². The molecule has 0 bridgehead atoms. The van der Waals surface area contributed by atoms with E-state index in [1.165, 1.54) is 17.0 Å². The first kappa shape index (κ1) is 29.7. The van der Waals surface area contributed by atoms with Crippen LogP contribution in [0.15, 0.2) is 83.8 Å². The zero-order valence-corrected chi connectivity index (χ0v) is 23.9. The molecule has 3 aromatic rings. The number of benzene rings is 3. The molecule has 0 aliphatic rings. The van der Waals surface area contributed by atoms with Gasteiger partial charge in [-0.2, -0.15) is 0 Å². The highest BCUT2D eigenvalue weighted by Crippen LogP contribution is 2.25. The monoisotopic (exact) mass is 551 g/mol. The van der Waals surface area contributed by atoms with Crippen molar-refractivity contribution < 1.29 is 22.7 Å². The third-order valence-corrected chi connectivity index (χ3v) is 8.06. The highest BCUT2D eigenvalue weighted by Gasteiger charge is 2.32. The van der Waals surface area contributed by atoms with E-state index in [1.807, 2.05) is 26.8 Å². The molecule has 0 radical (unpaired) electrons. The maximum absolute atomic E-state index is 13.9. The molecule has 8 nitrogen and oxygen atoms in total. The summed E-state index contributed by atoms with van der Waals surface area (Å²) in [5.41, 5.74) is 2.02. The number of hydrogen-bond donors (Lipinski definition) is 1. The van der Waals surface area contributed by atoms with Gasteiger partial charge in [-0.15, -0.1) is 0 Å². The van der Waals surface area contributed by atoms with Crippen LogP contribution in [0.2, 0.25) is 0 Å². The Morgan fingerprint density at radius 1 is 0.923 bits per heavy atom. The topological polar surface area (TPSA) is 96.0 Å². The summed E-state index contributed by atoms with van der Waals surface area (Å²) in [5.74, 6) is 0.0266. The largest absolute Gasteiger partial charge is 0.497 e. The van der Waals surface area contributed by atoms with E-state index in [9.17, 15) is 18.0 Å². The van der Waals surface area contributed by atoms with Crippen LogP contribution in [-0.2, 0) is 26.2 Å². The number of aryl methyl sites for hydroxylation is 1. The smallest absolute Gasteiger partial charge is 0.264 e. The van der Waals surface area contributed by atoms with Gasteiger partial charge in [-0.05, 0) is 61.7 Å². The molecule has 0 aliphatic heterocycles. The standard InChI is InChI=1S/C30H37N3O5S/c1-22(2)19-31-30(35)24(4)32(20-25-10-9-13-27(18-25)38-5)29(34)21-33(26-11-7-6-8-12-26)39(36,37)28-16-14-23(3)15-17-28/h6-18,22,24H,19-21H2,1-5H3,(H,31,35)/t24-/m0/s1. The van der Waals surface area contributed by atoms with Gasteiger partial charge < -0.3 is 15.0 Å². The van der Waals surface area contributed by atoms with Gasteiger partial charge in [0.05, 0.1) is 17.7 Å². The van der Waals surface area contributed by atoms with Crippen LogP contribution in [0.1, 0.15) is 31.9 Å². The molecule has 0 aromatic heterocycles. The number of rotatable bonds is 12. The summed E-state index contributed by atoms with van der Waals surface area (Å²) >= 11 is 0. The quantitative estimate of drug-likeness (QED) is 0.360. The van der Waals surface area contributed by atoms with Gasteiger partial charge in [0.2, 0.25) is 11.8 Å². The minimum Gasteiger partial charge on any atom is -0.497 e. The lowest BCUT2D eigenvalue weighted by Crippen LogP contribution is -2.51. The number of nitrogens with zero attached hydrogens (tertiary/aromatic N) is 2. The van der Waals surface area contributed by atoms with Crippen molar-refractivity contribution in [1.29, 1.82) is 0 Å². The lowest BCUT2D eigenvalue weighted by atomic mass is 10.1. The predicted molar refractivity (Wildman–Crippen MR) is 153 cm³/mol. The summed E-state index contributed by atoms with van der Waals surface area (Å²) in [7, 11) is -2.53. The number of nitrogens with one attached hydrogen (secondary N) is 1. The number of anilines is 1. The number of carbonyl (C=O) groups excluding carboxylic acids is 2. The molecule has 0 aliphatic carbocycles. The maximum atomic E-state index is 13.9. The van der Waals surface area contributed by atoms with Crippen LogP contribution < -0.4 is 14.4 Å². The Bertz CT molecular complexity index is 1360. The Morgan fingerprint density at radius 2 is 1.59 bits per heavy atom. The molecule has 0 unspecified atom stereocenters. The van der Waals surface area contributed by atoms with E-state index < -0.39 is 28.5 Å². The minimum absolute atomic E-state index is 0.0758. The first-order chi connectivity index (χ1) is 18.5. The Morgan fingerprint density at radius 3 is 2.21 bits per heavy atom. The van der Waals surface area contributed by atoms with Crippen LogP contribution in [0.3, 0.4) is 0 Å². The number of ether oxygens (including phenoxy) is 1. The summed E-state index contributed by atoms with van der Waals surface area (Å²) < 4.78 is 34.0. The van der Waals surface area contributed by atoms with Crippen molar-refractivity contribution in [3.63, 3.8) is 0 Å².